The second kappa shape index (κ2) is 12.2. The molecule has 2 heterocycles. The van der Waals surface area contributed by atoms with Crippen LogP contribution in [0.25, 0.3) is 0 Å². The molecule has 1 aromatic heterocycles. The molecule has 1 fully saturated rings. The molecule has 1 N–H and O–H groups in total. The van der Waals surface area contributed by atoms with Crippen LogP contribution < -0.4 is 10.1 Å². The summed E-state index contributed by atoms with van der Waals surface area (Å²) in [6.45, 7) is 1.23. The van der Waals surface area contributed by atoms with E-state index in [1.54, 1.807) is 66.8 Å². The Morgan fingerprint density at radius 2 is 1.92 bits per heavy atom. The first kappa shape index (κ1) is 25.2. The summed E-state index contributed by atoms with van der Waals surface area (Å²) in [5, 5.41) is 2.86. The maximum atomic E-state index is 13.5. The summed E-state index contributed by atoms with van der Waals surface area (Å²) in [6.07, 6.45) is 3.15. The largest absolute Gasteiger partial charge is 0.497 e. The molecule has 1 saturated heterocycles. The van der Waals surface area contributed by atoms with Gasteiger partial charge in [-0.05, 0) is 54.8 Å². The summed E-state index contributed by atoms with van der Waals surface area (Å²) in [7, 11) is 1.55. The van der Waals surface area contributed by atoms with Crippen molar-refractivity contribution in [2.24, 2.45) is 0 Å². The minimum absolute atomic E-state index is 0.135. The van der Waals surface area contributed by atoms with Gasteiger partial charge in [-0.2, -0.15) is 0 Å². The van der Waals surface area contributed by atoms with Crippen molar-refractivity contribution in [2.45, 2.75) is 32.0 Å². The van der Waals surface area contributed by atoms with Crippen LogP contribution in [0.3, 0.4) is 0 Å². The minimum atomic E-state index is -0.410. The van der Waals surface area contributed by atoms with Gasteiger partial charge in [0, 0.05) is 31.5 Å². The Bertz CT molecular complexity index is 1130. The van der Waals surface area contributed by atoms with Crippen LogP contribution >= 0.6 is 0 Å². The van der Waals surface area contributed by atoms with Crippen molar-refractivity contribution in [1.29, 1.82) is 0 Å². The number of methoxy groups -OCH3 is 1. The molecule has 1 aliphatic heterocycles. The van der Waals surface area contributed by atoms with E-state index >= 15 is 0 Å². The lowest BCUT2D eigenvalue weighted by Crippen LogP contribution is -2.46. The van der Waals surface area contributed by atoms with Crippen molar-refractivity contribution in [2.75, 3.05) is 32.1 Å². The number of amides is 3. The van der Waals surface area contributed by atoms with E-state index in [1.165, 1.54) is 17.0 Å². The second-order valence-corrected chi connectivity index (χ2v) is 8.63. The van der Waals surface area contributed by atoms with E-state index in [4.69, 9.17) is 13.9 Å². The molecule has 2 aromatic carbocycles. The summed E-state index contributed by atoms with van der Waals surface area (Å²) in [4.78, 5) is 29.8. The van der Waals surface area contributed by atoms with Crippen LogP contribution in [0.4, 0.5) is 14.9 Å². The highest BCUT2D eigenvalue weighted by Crippen LogP contribution is 2.19. The molecule has 0 saturated carbocycles. The first-order valence-corrected chi connectivity index (χ1v) is 11.9. The molecule has 1 aliphatic rings. The van der Waals surface area contributed by atoms with Gasteiger partial charge in [0.15, 0.2) is 0 Å². The maximum absolute atomic E-state index is 13.5. The van der Waals surface area contributed by atoms with Crippen molar-refractivity contribution in [3.05, 3.63) is 84.1 Å². The molecule has 9 heteroatoms. The first-order valence-electron chi connectivity index (χ1n) is 11.9. The fourth-order valence-corrected chi connectivity index (χ4v) is 4.05. The van der Waals surface area contributed by atoms with Gasteiger partial charge in [0.25, 0.3) is 0 Å². The van der Waals surface area contributed by atoms with Crippen LogP contribution in [0, 0.1) is 5.82 Å². The molecule has 1 unspecified atom stereocenters. The SMILES string of the molecule is COc1cccc(NC(=O)N(CC(=O)N(Cc2ccc(F)cc2)Cc2ccco2)CC2CCCO2)c1. The monoisotopic (exact) mass is 495 g/mol. The van der Waals surface area contributed by atoms with E-state index < -0.39 is 6.03 Å². The van der Waals surface area contributed by atoms with Gasteiger partial charge in [0.2, 0.25) is 5.91 Å². The van der Waals surface area contributed by atoms with Gasteiger partial charge < -0.3 is 29.0 Å². The Kier molecular flexibility index (Phi) is 8.57. The number of carbonyl (C=O) groups is 2. The number of benzene rings is 2. The smallest absolute Gasteiger partial charge is 0.322 e. The number of carbonyl (C=O) groups excluding carboxylic acids is 2. The number of hydrogen-bond donors (Lipinski definition) is 1. The summed E-state index contributed by atoms with van der Waals surface area (Å²) in [5.74, 6) is 0.601. The van der Waals surface area contributed by atoms with Gasteiger partial charge in [0.05, 0.1) is 26.0 Å². The Labute approximate surface area is 209 Å². The van der Waals surface area contributed by atoms with Crippen molar-refractivity contribution < 1.29 is 27.9 Å². The molecule has 4 rings (SSSR count). The number of nitrogens with zero attached hydrogens (tertiary/aromatic N) is 2. The molecule has 0 aliphatic carbocycles. The number of nitrogens with one attached hydrogen (secondary N) is 1. The summed E-state index contributed by atoms with van der Waals surface area (Å²) < 4.78 is 29.8. The van der Waals surface area contributed by atoms with Crippen LogP contribution in [0.15, 0.2) is 71.3 Å². The fourth-order valence-electron chi connectivity index (χ4n) is 4.05. The third-order valence-electron chi connectivity index (χ3n) is 5.95. The number of anilines is 1. The number of ether oxygens (including phenoxy) is 2. The third-order valence-corrected chi connectivity index (χ3v) is 5.95. The van der Waals surface area contributed by atoms with Crippen LogP contribution in [0.1, 0.15) is 24.2 Å². The zero-order valence-corrected chi connectivity index (χ0v) is 20.2. The highest BCUT2D eigenvalue weighted by Gasteiger charge is 2.27. The summed E-state index contributed by atoms with van der Waals surface area (Å²) in [6, 6.07) is 16.1. The molecule has 36 heavy (non-hydrogen) atoms. The Morgan fingerprint density at radius 3 is 2.61 bits per heavy atom. The Hall–Kier alpha value is -3.85. The number of halogens is 1. The van der Waals surface area contributed by atoms with E-state index in [1.807, 2.05) is 0 Å². The number of urea groups is 1. The molecule has 3 aromatic rings. The molecule has 3 amide bonds. The highest BCUT2D eigenvalue weighted by atomic mass is 19.1. The number of rotatable bonds is 10. The van der Waals surface area contributed by atoms with Gasteiger partial charge in [-0.15, -0.1) is 0 Å². The van der Waals surface area contributed by atoms with E-state index in [9.17, 15) is 14.0 Å². The van der Waals surface area contributed by atoms with Crippen molar-refractivity contribution in [1.82, 2.24) is 9.80 Å². The van der Waals surface area contributed by atoms with Crippen molar-refractivity contribution in [3.8, 4) is 5.75 Å². The van der Waals surface area contributed by atoms with Gasteiger partial charge in [0.1, 0.15) is 23.9 Å². The van der Waals surface area contributed by atoms with Gasteiger partial charge in [-0.1, -0.05) is 18.2 Å². The second-order valence-electron chi connectivity index (χ2n) is 8.63. The average Bonchev–Trinajstić information content (AvgIpc) is 3.59. The predicted octanol–water partition coefficient (Wildman–Crippen LogP) is 4.67. The first-order chi connectivity index (χ1) is 17.5. The van der Waals surface area contributed by atoms with Crippen LogP contribution in [0.5, 0.6) is 5.75 Å². The molecular formula is C27H30FN3O5. The molecule has 1 atom stereocenters. The van der Waals surface area contributed by atoms with Crippen molar-refractivity contribution in [3.63, 3.8) is 0 Å². The van der Waals surface area contributed by atoms with E-state index in [0.717, 1.165) is 18.4 Å². The standard InChI is InChI=1S/C27H30FN3O5/c1-34-23-6-2-5-22(15-23)29-27(33)31(18-25-8-4-14-36-25)19-26(32)30(17-24-7-3-13-35-24)16-20-9-11-21(28)12-10-20/h2-3,5-7,9-13,15,25H,4,8,14,16-19H2,1H3,(H,29,33). The topological polar surface area (TPSA) is 84.3 Å². The summed E-state index contributed by atoms with van der Waals surface area (Å²) in [5.41, 5.74) is 1.32. The van der Waals surface area contributed by atoms with E-state index in [0.29, 0.717) is 23.8 Å². The van der Waals surface area contributed by atoms with Crippen LogP contribution in [0.2, 0.25) is 0 Å². The van der Waals surface area contributed by atoms with Crippen molar-refractivity contribution >= 4 is 17.6 Å². The number of furan rings is 1. The van der Waals surface area contributed by atoms with Gasteiger partial charge >= 0.3 is 6.03 Å². The zero-order valence-electron chi connectivity index (χ0n) is 20.2. The normalized spacial score (nSPS) is 14.9. The Morgan fingerprint density at radius 1 is 1.08 bits per heavy atom. The van der Waals surface area contributed by atoms with Gasteiger partial charge in [-0.3, -0.25) is 4.79 Å². The van der Waals surface area contributed by atoms with Crippen LogP contribution in [-0.2, 0) is 22.6 Å². The van der Waals surface area contributed by atoms with Crippen LogP contribution in [-0.4, -0.2) is 54.6 Å². The Balaban J connectivity index is 1.51. The third kappa shape index (κ3) is 7.08. The quantitative estimate of drug-likeness (QED) is 0.442. The van der Waals surface area contributed by atoms with E-state index in [2.05, 4.69) is 5.32 Å². The molecule has 0 radical (unpaired) electrons. The molecule has 0 spiro atoms. The predicted molar refractivity (Wildman–Crippen MR) is 132 cm³/mol. The maximum Gasteiger partial charge on any atom is 0.322 e. The molecule has 0 bridgehead atoms. The lowest BCUT2D eigenvalue weighted by Gasteiger charge is -2.29. The average molecular weight is 496 g/mol. The lowest BCUT2D eigenvalue weighted by atomic mass is 10.2. The molecule has 190 valence electrons. The number of hydrogen-bond acceptors (Lipinski definition) is 5. The zero-order chi connectivity index (χ0) is 25.3. The van der Waals surface area contributed by atoms with Gasteiger partial charge in [-0.25, -0.2) is 9.18 Å². The summed E-state index contributed by atoms with van der Waals surface area (Å²) >= 11 is 0. The highest BCUT2D eigenvalue weighted by molar-refractivity contribution is 5.92. The molecule has 8 nitrogen and oxygen atoms in total. The van der Waals surface area contributed by atoms with E-state index in [-0.39, 0.29) is 44.0 Å². The minimum Gasteiger partial charge on any atom is -0.497 e. The fraction of sp³-hybridized carbons (Fsp3) is 0.333. The molecular weight excluding hydrogens is 465 g/mol. The lowest BCUT2D eigenvalue weighted by molar-refractivity contribution is -0.133.